The third-order valence-electron chi connectivity index (χ3n) is 2.04. The first-order valence-corrected chi connectivity index (χ1v) is 4.69. The topological polar surface area (TPSA) is 148 Å². The largest absolute Gasteiger partial charge is 0.478 e. The number of ether oxygens (including phenoxy) is 1. The van der Waals surface area contributed by atoms with Crippen LogP contribution in [0.5, 0.6) is 0 Å². The molecule has 0 radical (unpaired) electrons. The summed E-state index contributed by atoms with van der Waals surface area (Å²) in [5, 5.41) is 52.3. The second kappa shape index (κ2) is 7.33. The molecule has 0 bridgehead atoms. The van der Waals surface area contributed by atoms with Gasteiger partial charge in [-0.05, 0) is 0 Å². The number of aliphatic carboxylic acids is 1. The Hall–Kier alpha value is -1.03. The fraction of sp³-hybridized carbons (Fsp3) is 0.667. The van der Waals surface area contributed by atoms with E-state index >= 15 is 0 Å². The highest BCUT2D eigenvalue weighted by Crippen LogP contribution is 2.18. The highest BCUT2D eigenvalue weighted by Gasteiger charge is 2.42. The summed E-state index contributed by atoms with van der Waals surface area (Å²) in [7, 11) is 0. The maximum absolute atomic E-state index is 9.25. The maximum atomic E-state index is 9.25. The van der Waals surface area contributed by atoms with E-state index in [9.17, 15) is 4.79 Å². The average molecular weight is 252 g/mol. The number of carboxylic acids is 1. The summed E-state index contributed by atoms with van der Waals surface area (Å²) in [5.41, 5.74) is 0. The number of carbonyl (C=O) groups is 1. The van der Waals surface area contributed by atoms with E-state index < -0.39 is 43.3 Å². The molecule has 1 heterocycles. The van der Waals surface area contributed by atoms with Crippen LogP contribution < -0.4 is 0 Å². The van der Waals surface area contributed by atoms with Gasteiger partial charge in [0.05, 0.1) is 6.61 Å². The molecule has 0 aliphatic carbocycles. The van der Waals surface area contributed by atoms with Crippen LogP contribution in [0.1, 0.15) is 0 Å². The highest BCUT2D eigenvalue weighted by atomic mass is 16.6. The summed E-state index contributed by atoms with van der Waals surface area (Å²) in [5.74, 6) is -0.981. The standard InChI is InChI=1S/C6H12O6.C3H4O2/c7-1-2-3(8)4(9)5(10)6(11)12-2;1-2-3(4)5/h2-11H,1H2;2H,1H2,(H,4,5)/t2-,3-,4+,5-,6?;/m1./s1. The van der Waals surface area contributed by atoms with Crippen molar-refractivity contribution in [3.8, 4) is 0 Å². The van der Waals surface area contributed by atoms with Crippen molar-refractivity contribution in [2.45, 2.75) is 30.7 Å². The molecule has 8 nitrogen and oxygen atoms in total. The second-order valence-electron chi connectivity index (χ2n) is 3.26. The molecule has 0 amide bonds. The zero-order valence-electron chi connectivity index (χ0n) is 8.88. The molecule has 1 aliphatic rings. The zero-order valence-corrected chi connectivity index (χ0v) is 8.88. The first-order chi connectivity index (χ1) is 7.84. The van der Waals surface area contributed by atoms with Crippen molar-refractivity contribution >= 4 is 5.97 Å². The van der Waals surface area contributed by atoms with Gasteiger partial charge in [-0.25, -0.2) is 4.79 Å². The first kappa shape index (κ1) is 16.0. The van der Waals surface area contributed by atoms with Gasteiger partial charge in [0.1, 0.15) is 24.4 Å². The van der Waals surface area contributed by atoms with Crippen molar-refractivity contribution < 1.29 is 40.2 Å². The summed E-state index contributed by atoms with van der Waals surface area (Å²) >= 11 is 0. The smallest absolute Gasteiger partial charge is 0.327 e. The molecule has 5 atom stereocenters. The van der Waals surface area contributed by atoms with E-state index in [1.54, 1.807) is 0 Å². The third-order valence-corrected chi connectivity index (χ3v) is 2.04. The Kier molecular flexibility index (Phi) is 6.88. The zero-order chi connectivity index (χ0) is 13.6. The van der Waals surface area contributed by atoms with Gasteiger partial charge in [0, 0.05) is 6.08 Å². The van der Waals surface area contributed by atoms with Crippen molar-refractivity contribution in [3.05, 3.63) is 12.7 Å². The Morgan fingerprint density at radius 3 is 2.00 bits per heavy atom. The lowest BCUT2D eigenvalue weighted by atomic mass is 10.00. The van der Waals surface area contributed by atoms with Gasteiger partial charge in [-0.3, -0.25) is 0 Å². The van der Waals surface area contributed by atoms with E-state index in [1.807, 2.05) is 0 Å². The molecule has 0 aromatic rings. The van der Waals surface area contributed by atoms with Crippen LogP contribution in [0, 0.1) is 0 Å². The summed E-state index contributed by atoms with van der Waals surface area (Å²) < 4.78 is 4.58. The fourth-order valence-electron chi connectivity index (χ4n) is 1.08. The predicted octanol–water partition coefficient (Wildman–Crippen LogP) is -2.96. The SMILES string of the molecule is C=CC(=O)O.OC[C@H]1OC(O)[C@H](O)[C@@H](O)[C@@H]1O. The van der Waals surface area contributed by atoms with Crippen LogP contribution in [0.15, 0.2) is 12.7 Å². The van der Waals surface area contributed by atoms with Crippen molar-refractivity contribution in [1.82, 2.24) is 0 Å². The molecule has 0 aromatic carbocycles. The summed E-state index contributed by atoms with van der Waals surface area (Å²) in [6, 6.07) is 0. The van der Waals surface area contributed by atoms with Crippen molar-refractivity contribution in [2.75, 3.05) is 6.61 Å². The van der Waals surface area contributed by atoms with Crippen LogP contribution in [-0.2, 0) is 9.53 Å². The summed E-state index contributed by atoms with van der Waals surface area (Å²) in [6.07, 6.45) is -6.21. The van der Waals surface area contributed by atoms with Crippen LogP contribution in [0.3, 0.4) is 0 Å². The fourth-order valence-corrected chi connectivity index (χ4v) is 1.08. The van der Waals surface area contributed by atoms with Gasteiger partial charge >= 0.3 is 5.97 Å². The minimum absolute atomic E-state index is 0.526. The van der Waals surface area contributed by atoms with Crippen molar-refractivity contribution in [2.24, 2.45) is 0 Å². The molecule has 0 saturated carbocycles. The number of aliphatic hydroxyl groups excluding tert-OH is 5. The molecule has 1 saturated heterocycles. The van der Waals surface area contributed by atoms with Crippen LogP contribution in [0.4, 0.5) is 0 Å². The van der Waals surface area contributed by atoms with Crippen LogP contribution in [0.25, 0.3) is 0 Å². The van der Waals surface area contributed by atoms with E-state index in [-0.39, 0.29) is 0 Å². The molecule has 0 spiro atoms. The van der Waals surface area contributed by atoms with Gasteiger partial charge in [-0.1, -0.05) is 6.58 Å². The van der Waals surface area contributed by atoms with Gasteiger partial charge in [0.15, 0.2) is 6.29 Å². The van der Waals surface area contributed by atoms with Crippen molar-refractivity contribution in [1.29, 1.82) is 0 Å². The number of hydrogen-bond donors (Lipinski definition) is 6. The molecule has 6 N–H and O–H groups in total. The minimum Gasteiger partial charge on any atom is -0.478 e. The molecular formula is C9H16O8. The Bertz CT molecular complexity index is 251. The average Bonchev–Trinajstić information content (AvgIpc) is 2.31. The molecule has 8 heteroatoms. The Labute approximate surface area is 97.0 Å². The van der Waals surface area contributed by atoms with E-state index in [0.717, 1.165) is 6.08 Å². The van der Waals surface area contributed by atoms with E-state index in [2.05, 4.69) is 11.3 Å². The number of aliphatic hydroxyl groups is 5. The molecular weight excluding hydrogens is 236 g/mol. The maximum Gasteiger partial charge on any atom is 0.327 e. The highest BCUT2D eigenvalue weighted by molar-refractivity contribution is 5.78. The monoisotopic (exact) mass is 252 g/mol. The molecule has 0 aromatic heterocycles. The Balaban J connectivity index is 0.000000437. The van der Waals surface area contributed by atoms with Gasteiger partial charge in [0.2, 0.25) is 0 Å². The number of carboxylic acid groups (broad SMARTS) is 1. The lowest BCUT2D eigenvalue weighted by molar-refractivity contribution is -0.286. The van der Waals surface area contributed by atoms with E-state index in [1.165, 1.54) is 0 Å². The number of hydrogen-bond acceptors (Lipinski definition) is 7. The van der Waals surface area contributed by atoms with E-state index in [0.29, 0.717) is 0 Å². The molecule has 100 valence electrons. The molecule has 1 fully saturated rings. The van der Waals surface area contributed by atoms with Crippen LogP contribution in [0.2, 0.25) is 0 Å². The molecule has 1 rings (SSSR count). The van der Waals surface area contributed by atoms with Gasteiger partial charge in [0.25, 0.3) is 0 Å². The molecule has 17 heavy (non-hydrogen) atoms. The quantitative estimate of drug-likeness (QED) is 0.285. The van der Waals surface area contributed by atoms with Gasteiger partial charge in [-0.15, -0.1) is 0 Å². The lowest BCUT2D eigenvalue weighted by Gasteiger charge is -2.37. The second-order valence-corrected chi connectivity index (χ2v) is 3.26. The van der Waals surface area contributed by atoms with Crippen LogP contribution >= 0.6 is 0 Å². The first-order valence-electron chi connectivity index (χ1n) is 4.69. The Morgan fingerprint density at radius 1 is 1.18 bits per heavy atom. The summed E-state index contributed by atoms with van der Waals surface area (Å²) in [6.45, 7) is 2.43. The minimum atomic E-state index is -1.57. The van der Waals surface area contributed by atoms with Gasteiger partial charge in [-0.2, -0.15) is 0 Å². The number of rotatable bonds is 2. The molecule has 1 unspecified atom stereocenters. The predicted molar refractivity (Wildman–Crippen MR) is 53.8 cm³/mol. The van der Waals surface area contributed by atoms with Gasteiger partial charge < -0.3 is 35.4 Å². The molecule has 1 aliphatic heterocycles. The summed E-state index contributed by atoms with van der Waals surface area (Å²) in [4.78, 5) is 9.25. The van der Waals surface area contributed by atoms with Crippen LogP contribution in [-0.4, -0.2) is 73.9 Å². The van der Waals surface area contributed by atoms with Crippen molar-refractivity contribution in [3.63, 3.8) is 0 Å². The third kappa shape index (κ3) is 4.77. The lowest BCUT2D eigenvalue weighted by Crippen LogP contribution is -2.58. The van der Waals surface area contributed by atoms with E-state index in [4.69, 9.17) is 30.6 Å². The Morgan fingerprint density at radius 2 is 1.65 bits per heavy atom. The normalized spacial score (nSPS) is 36.6.